The van der Waals surface area contributed by atoms with Crippen LogP contribution < -0.4 is 0 Å². The second-order valence-corrected chi connectivity index (χ2v) is 3.77. The quantitative estimate of drug-likeness (QED) is 0.372. The summed E-state index contributed by atoms with van der Waals surface area (Å²) < 4.78 is 9.87. The average Bonchev–Trinajstić information content (AvgIpc) is 2.11. The van der Waals surface area contributed by atoms with Crippen molar-refractivity contribution in [2.75, 3.05) is 20.3 Å². The summed E-state index contributed by atoms with van der Waals surface area (Å²) >= 11 is 0. The number of carbonyl (C=O) groups excluding carboxylic acids is 1. The van der Waals surface area contributed by atoms with E-state index in [-0.39, 0.29) is 11.6 Å². The largest absolute Gasteiger partial charge is 0.461 e. The fraction of sp³-hybridized carbons (Fsp3) is 0.556. The Bertz CT molecular complexity index is 201. The fourth-order valence-corrected chi connectivity index (χ4v) is 1.08. The second-order valence-electron chi connectivity index (χ2n) is 2.67. The lowest BCUT2D eigenvalue weighted by Gasteiger charge is -2.10. The highest BCUT2D eigenvalue weighted by molar-refractivity contribution is 7.37. The molecule has 0 saturated heterocycles. The number of hydrogen-bond donors (Lipinski definition) is 0. The minimum Gasteiger partial charge on any atom is -0.461 e. The van der Waals surface area contributed by atoms with Crippen molar-refractivity contribution >= 4 is 20.5 Å². The number of carbonyl (C=O) groups is 1. The maximum atomic E-state index is 11.0. The Morgan fingerprint density at radius 2 is 2.15 bits per heavy atom. The van der Waals surface area contributed by atoms with Gasteiger partial charge in [0.15, 0.2) is 0 Å². The van der Waals surface area contributed by atoms with Gasteiger partial charge in [-0.05, 0) is 6.92 Å². The lowest BCUT2D eigenvalue weighted by molar-refractivity contribution is -0.139. The van der Waals surface area contributed by atoms with Gasteiger partial charge in [-0.25, -0.2) is 4.79 Å². The number of methoxy groups -OCH3 is 1. The highest BCUT2D eigenvalue weighted by Crippen LogP contribution is 2.07. The first kappa shape index (κ1) is 12.3. The van der Waals surface area contributed by atoms with E-state index < -0.39 is 0 Å². The summed E-state index contributed by atoms with van der Waals surface area (Å²) in [5.74, 6) is -0.357. The van der Waals surface area contributed by atoms with Crippen LogP contribution in [0, 0.1) is 0 Å². The molecule has 4 heteroatoms. The molecule has 0 heterocycles. The van der Waals surface area contributed by atoms with Gasteiger partial charge in [-0.2, -0.15) is 0 Å². The first-order valence-corrected chi connectivity index (χ1v) is 5.04. The van der Waals surface area contributed by atoms with Gasteiger partial charge in [0.25, 0.3) is 0 Å². The van der Waals surface area contributed by atoms with Gasteiger partial charge >= 0.3 is 5.97 Å². The van der Waals surface area contributed by atoms with Crippen LogP contribution in [-0.2, 0) is 14.3 Å². The molecule has 0 aliphatic carbocycles. The molecule has 0 rings (SSSR count). The van der Waals surface area contributed by atoms with E-state index in [1.54, 1.807) is 14.0 Å². The first-order valence-electron chi connectivity index (χ1n) is 3.89. The lowest BCUT2D eigenvalue weighted by Crippen LogP contribution is -2.18. The van der Waals surface area contributed by atoms with Crippen LogP contribution in [0.1, 0.15) is 6.92 Å². The molecule has 1 unspecified atom stereocenters. The Kier molecular flexibility index (Phi) is 6.47. The molecule has 3 nitrogen and oxygen atoms in total. The Morgan fingerprint density at radius 1 is 1.54 bits per heavy atom. The van der Waals surface area contributed by atoms with Gasteiger partial charge in [-0.3, -0.25) is 0 Å². The van der Waals surface area contributed by atoms with Gasteiger partial charge in [0.2, 0.25) is 0 Å². The summed E-state index contributed by atoms with van der Waals surface area (Å²) in [6.07, 6.45) is 3.71. The van der Waals surface area contributed by atoms with Crippen molar-refractivity contribution in [2.24, 2.45) is 0 Å². The van der Waals surface area contributed by atoms with Crippen LogP contribution in [0.2, 0.25) is 0 Å². The zero-order chi connectivity index (χ0) is 10.3. The summed E-state index contributed by atoms with van der Waals surface area (Å²) in [6.45, 7) is 5.99. The zero-order valence-corrected chi connectivity index (χ0v) is 8.97. The topological polar surface area (TPSA) is 35.5 Å². The third kappa shape index (κ3) is 5.56. The van der Waals surface area contributed by atoms with Crippen molar-refractivity contribution in [1.82, 2.24) is 0 Å². The molecule has 0 aliphatic rings. The average molecular weight is 202 g/mol. The Hall–Kier alpha value is -0.660. The second kappa shape index (κ2) is 6.81. The molecule has 0 N–H and O–H groups in total. The van der Waals surface area contributed by atoms with Crippen LogP contribution in [-0.4, -0.2) is 38.3 Å². The predicted molar refractivity (Wildman–Crippen MR) is 55.5 cm³/mol. The van der Waals surface area contributed by atoms with Crippen molar-refractivity contribution in [2.45, 2.75) is 12.6 Å². The summed E-state index contributed by atoms with van der Waals surface area (Å²) in [4.78, 5) is 11.0. The molecule has 0 fully saturated rings. The fourth-order valence-electron chi connectivity index (χ4n) is 0.641. The van der Waals surface area contributed by atoms with Crippen LogP contribution in [0.4, 0.5) is 0 Å². The summed E-state index contributed by atoms with van der Waals surface area (Å²) in [6, 6.07) is 0. The summed E-state index contributed by atoms with van der Waals surface area (Å²) in [7, 11) is 2.53. The van der Waals surface area contributed by atoms with Gasteiger partial charge in [0.05, 0.1) is 12.3 Å². The monoisotopic (exact) mass is 202 g/mol. The van der Waals surface area contributed by atoms with E-state index in [1.807, 2.05) is 0 Å². The van der Waals surface area contributed by atoms with Crippen molar-refractivity contribution in [3.63, 3.8) is 0 Å². The summed E-state index contributed by atoms with van der Waals surface area (Å²) in [5.41, 5.74) is 0.560. The van der Waals surface area contributed by atoms with Crippen molar-refractivity contribution in [3.8, 4) is 0 Å². The molecular weight excluding hydrogens is 187 g/mol. The van der Waals surface area contributed by atoms with Gasteiger partial charge in [-0.15, -0.1) is 8.20 Å². The van der Waals surface area contributed by atoms with Crippen molar-refractivity contribution < 1.29 is 14.3 Å². The van der Waals surface area contributed by atoms with Crippen LogP contribution in [0.15, 0.2) is 12.2 Å². The molecule has 0 aliphatic heterocycles. The predicted octanol–water partition coefficient (Wildman–Crippen LogP) is 1.50. The molecule has 0 aromatic rings. The first-order chi connectivity index (χ1) is 6.11. The molecule has 0 aromatic carbocycles. The van der Waals surface area contributed by atoms with E-state index >= 15 is 0 Å². The van der Waals surface area contributed by atoms with Gasteiger partial charge in [-0.1, -0.05) is 12.9 Å². The normalized spacial score (nSPS) is 12.5. The van der Waals surface area contributed by atoms with Crippen LogP contribution in [0.3, 0.4) is 0 Å². The van der Waals surface area contributed by atoms with Gasteiger partial charge in [0, 0.05) is 12.7 Å². The van der Waals surface area contributed by atoms with E-state index in [1.165, 1.54) is 0 Å². The Labute approximate surface area is 80.5 Å². The Morgan fingerprint density at radius 3 is 2.54 bits per heavy atom. The molecule has 0 saturated carbocycles. The SMILES string of the molecule is C=PC(COC)COC(=O)C(=C)C. The third-order valence-corrected chi connectivity index (χ3v) is 2.19. The maximum absolute atomic E-state index is 11.0. The van der Waals surface area contributed by atoms with Gasteiger partial charge in [0.1, 0.15) is 6.61 Å². The van der Waals surface area contributed by atoms with Crippen molar-refractivity contribution in [1.29, 1.82) is 0 Å². The minimum atomic E-state index is -0.357. The molecule has 74 valence electrons. The van der Waals surface area contributed by atoms with Gasteiger partial charge < -0.3 is 9.47 Å². The number of hydrogen-bond acceptors (Lipinski definition) is 3. The highest BCUT2D eigenvalue weighted by Gasteiger charge is 2.08. The Balaban J connectivity index is 3.77. The van der Waals surface area contributed by atoms with Crippen LogP contribution in [0.25, 0.3) is 0 Å². The summed E-state index contributed by atoms with van der Waals surface area (Å²) in [5, 5.41) is 0. The van der Waals surface area contributed by atoms with Crippen LogP contribution in [0.5, 0.6) is 0 Å². The molecule has 0 aromatic heterocycles. The molecule has 1 atom stereocenters. The smallest absolute Gasteiger partial charge is 0.333 e. The van der Waals surface area contributed by atoms with Crippen LogP contribution >= 0.6 is 8.20 Å². The van der Waals surface area contributed by atoms with E-state index in [4.69, 9.17) is 9.47 Å². The maximum Gasteiger partial charge on any atom is 0.333 e. The number of esters is 1. The minimum absolute atomic E-state index is 0.147. The van der Waals surface area contributed by atoms with E-state index in [9.17, 15) is 4.79 Å². The molecule has 0 spiro atoms. The van der Waals surface area contributed by atoms with Crippen molar-refractivity contribution in [3.05, 3.63) is 12.2 Å². The number of rotatable bonds is 6. The standard InChI is InChI=1S/C9H15O3P/c1-7(2)9(10)12-6-8(13-4)5-11-3/h8H,1,4-6H2,2-3H3. The molecule has 13 heavy (non-hydrogen) atoms. The van der Waals surface area contributed by atoms with E-state index in [2.05, 4.69) is 12.9 Å². The van der Waals surface area contributed by atoms with E-state index in [0.717, 1.165) is 8.20 Å². The highest BCUT2D eigenvalue weighted by atomic mass is 31.1. The molecule has 0 radical (unpaired) electrons. The van der Waals surface area contributed by atoms with E-state index in [0.29, 0.717) is 18.8 Å². The number of ether oxygens (including phenoxy) is 2. The zero-order valence-electron chi connectivity index (χ0n) is 8.08. The molecule has 0 amide bonds. The molecule has 0 bridgehead atoms. The lowest BCUT2D eigenvalue weighted by atomic mass is 10.4. The molecular formula is C9H15O3P. The third-order valence-electron chi connectivity index (χ3n) is 1.37.